The van der Waals surface area contributed by atoms with Crippen molar-refractivity contribution in [1.29, 1.82) is 0 Å². The van der Waals surface area contributed by atoms with Crippen LogP contribution in [0.3, 0.4) is 0 Å². The molecular formula is C12H15BBrNO3. The van der Waals surface area contributed by atoms with Gasteiger partial charge in [0, 0.05) is 5.56 Å². The molecule has 6 heteroatoms. The Bertz CT molecular complexity index is 474. The summed E-state index contributed by atoms with van der Waals surface area (Å²) >= 11 is 3.26. The molecule has 0 saturated carbocycles. The van der Waals surface area contributed by atoms with Crippen molar-refractivity contribution >= 4 is 34.9 Å². The molecule has 18 heavy (non-hydrogen) atoms. The fraction of sp³-hybridized carbons (Fsp3) is 0.500. The molecule has 0 spiro atoms. The molecule has 0 bridgehead atoms. The van der Waals surface area contributed by atoms with Gasteiger partial charge in [0.15, 0.2) is 6.29 Å². The minimum atomic E-state index is -0.507. The zero-order chi connectivity index (χ0) is 13.6. The van der Waals surface area contributed by atoms with Gasteiger partial charge in [-0.15, -0.1) is 0 Å². The van der Waals surface area contributed by atoms with Crippen molar-refractivity contribution in [1.82, 2.24) is 4.98 Å². The zero-order valence-electron chi connectivity index (χ0n) is 10.9. The first-order valence-electron chi connectivity index (χ1n) is 5.74. The van der Waals surface area contributed by atoms with Gasteiger partial charge >= 0.3 is 7.12 Å². The van der Waals surface area contributed by atoms with Crippen LogP contribution in [0.2, 0.25) is 0 Å². The summed E-state index contributed by atoms with van der Waals surface area (Å²) in [6.45, 7) is 7.95. The number of hydrogen-bond donors (Lipinski definition) is 0. The summed E-state index contributed by atoms with van der Waals surface area (Å²) in [5, 5.41) is 0. The Morgan fingerprint density at radius 1 is 1.22 bits per heavy atom. The second-order valence-corrected chi connectivity index (χ2v) is 6.07. The van der Waals surface area contributed by atoms with Crippen LogP contribution in [0.4, 0.5) is 0 Å². The summed E-state index contributed by atoms with van der Waals surface area (Å²) in [6, 6.07) is 3.45. The number of aromatic nitrogens is 1. The molecule has 1 fully saturated rings. The Labute approximate surface area is 115 Å². The van der Waals surface area contributed by atoms with E-state index in [4.69, 9.17) is 9.31 Å². The molecule has 0 aromatic carbocycles. The van der Waals surface area contributed by atoms with Crippen molar-refractivity contribution in [2.24, 2.45) is 0 Å². The molecule has 0 N–H and O–H groups in total. The molecule has 0 radical (unpaired) electrons. The Kier molecular flexibility index (Phi) is 3.38. The number of rotatable bonds is 2. The number of aldehydes is 1. The third-order valence-corrected chi connectivity index (χ3v) is 4.16. The Morgan fingerprint density at radius 2 is 1.78 bits per heavy atom. The van der Waals surface area contributed by atoms with E-state index in [0.29, 0.717) is 15.8 Å². The van der Waals surface area contributed by atoms with Gasteiger partial charge in [0.25, 0.3) is 0 Å². The van der Waals surface area contributed by atoms with Crippen molar-refractivity contribution in [3.63, 3.8) is 0 Å². The van der Waals surface area contributed by atoms with E-state index in [1.807, 2.05) is 27.7 Å². The number of halogens is 1. The predicted octanol–water partition coefficient (Wildman–Crippen LogP) is 1.96. The molecule has 0 atom stereocenters. The fourth-order valence-corrected chi connectivity index (χ4v) is 2.07. The van der Waals surface area contributed by atoms with E-state index in [9.17, 15) is 4.79 Å². The van der Waals surface area contributed by atoms with Crippen LogP contribution in [-0.2, 0) is 9.31 Å². The smallest absolute Gasteiger partial charge is 0.398 e. The van der Waals surface area contributed by atoms with E-state index in [1.54, 1.807) is 12.1 Å². The summed E-state index contributed by atoms with van der Waals surface area (Å²) in [7, 11) is -0.507. The molecule has 1 aliphatic rings. The Morgan fingerprint density at radius 3 is 2.22 bits per heavy atom. The van der Waals surface area contributed by atoms with E-state index in [2.05, 4.69) is 20.9 Å². The molecule has 96 valence electrons. The van der Waals surface area contributed by atoms with Gasteiger partial charge in [-0.25, -0.2) is 4.98 Å². The van der Waals surface area contributed by atoms with Gasteiger partial charge in [0.1, 0.15) is 4.60 Å². The van der Waals surface area contributed by atoms with Crippen LogP contribution >= 0.6 is 15.9 Å². The predicted molar refractivity (Wildman–Crippen MR) is 73.0 cm³/mol. The summed E-state index contributed by atoms with van der Waals surface area (Å²) in [5.74, 6) is 0. The first-order chi connectivity index (χ1) is 8.27. The number of carbonyl (C=O) groups excluding carboxylic acids is 1. The number of nitrogens with zero attached hydrogens (tertiary/aromatic N) is 1. The first-order valence-corrected chi connectivity index (χ1v) is 6.53. The molecule has 1 aromatic heterocycles. The minimum absolute atomic E-state index is 0.394. The van der Waals surface area contributed by atoms with E-state index >= 15 is 0 Å². The third kappa shape index (κ3) is 2.24. The van der Waals surface area contributed by atoms with Crippen LogP contribution < -0.4 is 5.59 Å². The molecule has 1 aromatic rings. The standard InChI is InChI=1S/C12H15BBrNO3/c1-11(2)12(3,4)18-13(17-11)9-6-5-8(7-16)10(14)15-9/h5-7H,1-4H3. The van der Waals surface area contributed by atoms with Crippen molar-refractivity contribution in [3.8, 4) is 0 Å². The van der Waals surface area contributed by atoms with Gasteiger partial charge < -0.3 is 9.31 Å². The zero-order valence-corrected chi connectivity index (χ0v) is 12.4. The van der Waals surface area contributed by atoms with E-state index in [0.717, 1.165) is 6.29 Å². The molecule has 2 rings (SSSR count). The normalized spacial score (nSPS) is 21.1. The summed E-state index contributed by atoms with van der Waals surface area (Å²) in [5.41, 5.74) is 0.381. The average molecular weight is 312 g/mol. The highest BCUT2D eigenvalue weighted by atomic mass is 79.9. The summed E-state index contributed by atoms with van der Waals surface area (Å²) in [6.07, 6.45) is 0.755. The molecule has 2 heterocycles. The Balaban J connectivity index is 2.30. The van der Waals surface area contributed by atoms with Crippen LogP contribution in [0.5, 0.6) is 0 Å². The van der Waals surface area contributed by atoms with Crippen molar-refractivity contribution in [3.05, 3.63) is 22.3 Å². The number of hydrogen-bond acceptors (Lipinski definition) is 4. The maximum Gasteiger partial charge on any atom is 0.514 e. The lowest BCUT2D eigenvalue weighted by Crippen LogP contribution is -2.41. The van der Waals surface area contributed by atoms with Gasteiger partial charge in [-0.1, -0.05) is 0 Å². The third-order valence-electron chi connectivity index (χ3n) is 3.52. The molecule has 0 aliphatic carbocycles. The van der Waals surface area contributed by atoms with E-state index in [-0.39, 0.29) is 0 Å². The van der Waals surface area contributed by atoms with Gasteiger partial charge in [-0.2, -0.15) is 0 Å². The van der Waals surface area contributed by atoms with Gasteiger partial charge in [-0.3, -0.25) is 4.79 Å². The summed E-state index contributed by atoms with van der Waals surface area (Å²) in [4.78, 5) is 15.0. The second kappa shape index (κ2) is 4.44. The molecule has 0 amide bonds. The van der Waals surface area contributed by atoms with Crippen LogP contribution in [0.25, 0.3) is 0 Å². The number of pyridine rings is 1. The van der Waals surface area contributed by atoms with Gasteiger partial charge in [-0.05, 0) is 55.8 Å². The maximum atomic E-state index is 10.7. The fourth-order valence-electron chi connectivity index (χ4n) is 1.64. The molecule has 1 saturated heterocycles. The van der Waals surface area contributed by atoms with E-state index in [1.165, 1.54) is 0 Å². The van der Waals surface area contributed by atoms with Crippen LogP contribution in [0.1, 0.15) is 38.1 Å². The monoisotopic (exact) mass is 311 g/mol. The largest absolute Gasteiger partial charge is 0.514 e. The Hall–Kier alpha value is -0.715. The van der Waals surface area contributed by atoms with Gasteiger partial charge in [0.05, 0.1) is 16.8 Å². The lowest BCUT2D eigenvalue weighted by atomic mass is 9.84. The number of carbonyl (C=O) groups is 1. The van der Waals surface area contributed by atoms with Crippen LogP contribution in [0.15, 0.2) is 16.7 Å². The molecular weight excluding hydrogens is 297 g/mol. The summed E-state index contributed by atoms with van der Waals surface area (Å²) < 4.78 is 12.3. The highest BCUT2D eigenvalue weighted by Crippen LogP contribution is 2.36. The van der Waals surface area contributed by atoms with Crippen LogP contribution in [-0.4, -0.2) is 29.6 Å². The second-order valence-electron chi connectivity index (χ2n) is 5.32. The van der Waals surface area contributed by atoms with Gasteiger partial charge in [0.2, 0.25) is 0 Å². The van der Waals surface area contributed by atoms with Crippen LogP contribution in [0, 0.1) is 0 Å². The highest BCUT2D eigenvalue weighted by Gasteiger charge is 2.52. The molecule has 0 unspecified atom stereocenters. The van der Waals surface area contributed by atoms with Crippen molar-refractivity contribution in [2.45, 2.75) is 38.9 Å². The van der Waals surface area contributed by atoms with Crippen molar-refractivity contribution in [2.75, 3.05) is 0 Å². The molecule has 1 aliphatic heterocycles. The van der Waals surface area contributed by atoms with Crippen molar-refractivity contribution < 1.29 is 14.1 Å². The lowest BCUT2D eigenvalue weighted by Gasteiger charge is -2.32. The quantitative estimate of drug-likeness (QED) is 0.476. The molecule has 4 nitrogen and oxygen atoms in total. The minimum Gasteiger partial charge on any atom is -0.398 e. The SMILES string of the molecule is CC1(C)OB(c2ccc(C=O)c(Br)n2)OC1(C)C. The first kappa shape index (κ1) is 13.7. The topological polar surface area (TPSA) is 48.4 Å². The highest BCUT2D eigenvalue weighted by molar-refractivity contribution is 9.10. The lowest BCUT2D eigenvalue weighted by molar-refractivity contribution is 0.00578. The average Bonchev–Trinajstić information content (AvgIpc) is 2.48. The maximum absolute atomic E-state index is 10.7. The van der Waals surface area contributed by atoms with E-state index < -0.39 is 18.3 Å².